The lowest BCUT2D eigenvalue weighted by atomic mass is 10.2. The third-order valence-electron chi connectivity index (χ3n) is 4.29. The Morgan fingerprint density at radius 3 is 2.40 bits per heavy atom. The summed E-state index contributed by atoms with van der Waals surface area (Å²) in [5, 5.41) is 11.0. The first-order valence-corrected chi connectivity index (χ1v) is 9.76. The second kappa shape index (κ2) is 8.90. The van der Waals surface area contributed by atoms with Crippen molar-refractivity contribution in [2.75, 3.05) is 43.4 Å². The first kappa shape index (κ1) is 18.5. The molecule has 1 heterocycles. The van der Waals surface area contributed by atoms with E-state index in [0.29, 0.717) is 18.0 Å². The van der Waals surface area contributed by atoms with Crippen molar-refractivity contribution in [3.63, 3.8) is 0 Å². The molecule has 134 valence electrons. The molecular formula is C19H22ClFN2OS. The summed E-state index contributed by atoms with van der Waals surface area (Å²) in [5.41, 5.74) is 0.668. The number of hydrogen-bond acceptors (Lipinski definition) is 4. The highest BCUT2D eigenvalue weighted by Gasteiger charge is 2.21. The van der Waals surface area contributed by atoms with Gasteiger partial charge in [-0.25, -0.2) is 4.39 Å². The molecule has 0 amide bonds. The predicted octanol–water partition coefficient (Wildman–Crippen LogP) is 3.75. The molecule has 3 nitrogen and oxygen atoms in total. The van der Waals surface area contributed by atoms with E-state index in [1.165, 1.54) is 6.07 Å². The van der Waals surface area contributed by atoms with E-state index in [1.807, 2.05) is 36.4 Å². The molecule has 1 atom stereocenters. The number of piperazine rings is 1. The van der Waals surface area contributed by atoms with E-state index >= 15 is 0 Å². The zero-order chi connectivity index (χ0) is 17.6. The lowest BCUT2D eigenvalue weighted by Crippen LogP contribution is -2.49. The molecule has 0 aliphatic carbocycles. The molecule has 1 aliphatic rings. The van der Waals surface area contributed by atoms with Crippen molar-refractivity contribution in [1.29, 1.82) is 0 Å². The number of aliphatic hydroxyl groups excluding tert-OH is 1. The molecule has 2 aromatic rings. The molecule has 0 aromatic heterocycles. The van der Waals surface area contributed by atoms with E-state index in [4.69, 9.17) is 11.6 Å². The van der Waals surface area contributed by atoms with Gasteiger partial charge < -0.3 is 10.0 Å². The molecule has 0 spiro atoms. The van der Waals surface area contributed by atoms with Gasteiger partial charge in [0.05, 0.1) is 11.8 Å². The molecule has 1 N–H and O–H groups in total. The number of para-hydroxylation sites is 1. The van der Waals surface area contributed by atoms with Gasteiger partial charge in [0.25, 0.3) is 0 Å². The standard InChI is InChI=1S/C19H22ClFN2OS/c20-15-5-7-17(8-6-15)25-14-16(24)13-22-9-11-23(12-10-22)19-4-2-1-3-18(19)21/h1-8,16,24H,9-14H2/t16-/m0/s1. The van der Waals surface area contributed by atoms with Crippen LogP contribution in [0.2, 0.25) is 5.02 Å². The van der Waals surface area contributed by atoms with Gasteiger partial charge in [0.2, 0.25) is 0 Å². The van der Waals surface area contributed by atoms with Crippen LogP contribution in [-0.2, 0) is 0 Å². The number of β-amino-alcohol motifs (C(OH)–C–C–N with tert-alkyl or cyclic N) is 1. The third kappa shape index (κ3) is 5.35. The summed E-state index contributed by atoms with van der Waals surface area (Å²) in [7, 11) is 0. The van der Waals surface area contributed by atoms with Crippen LogP contribution in [0.1, 0.15) is 0 Å². The Hall–Kier alpha value is -1.27. The Bertz CT molecular complexity index is 677. The van der Waals surface area contributed by atoms with Crippen LogP contribution < -0.4 is 4.90 Å². The van der Waals surface area contributed by atoms with E-state index in [0.717, 1.165) is 36.1 Å². The van der Waals surface area contributed by atoms with Crippen LogP contribution in [0.25, 0.3) is 0 Å². The third-order valence-corrected chi connectivity index (χ3v) is 5.70. The van der Waals surface area contributed by atoms with Gasteiger partial charge in [-0.05, 0) is 36.4 Å². The Morgan fingerprint density at radius 2 is 1.72 bits per heavy atom. The second-order valence-electron chi connectivity index (χ2n) is 6.16. The van der Waals surface area contributed by atoms with Crippen molar-refractivity contribution in [1.82, 2.24) is 4.90 Å². The van der Waals surface area contributed by atoms with Crippen LogP contribution >= 0.6 is 23.4 Å². The van der Waals surface area contributed by atoms with Gasteiger partial charge in [0, 0.05) is 48.4 Å². The quantitative estimate of drug-likeness (QED) is 0.772. The van der Waals surface area contributed by atoms with E-state index in [9.17, 15) is 9.50 Å². The van der Waals surface area contributed by atoms with Crippen LogP contribution in [0.4, 0.5) is 10.1 Å². The van der Waals surface area contributed by atoms with Gasteiger partial charge in [-0.15, -0.1) is 11.8 Å². The van der Waals surface area contributed by atoms with Gasteiger partial charge in [-0.3, -0.25) is 4.90 Å². The fourth-order valence-electron chi connectivity index (χ4n) is 2.95. The maximum atomic E-state index is 13.9. The number of rotatable bonds is 6. The minimum absolute atomic E-state index is 0.171. The maximum Gasteiger partial charge on any atom is 0.146 e. The summed E-state index contributed by atoms with van der Waals surface area (Å²) >= 11 is 7.51. The zero-order valence-corrected chi connectivity index (χ0v) is 15.5. The number of thioether (sulfide) groups is 1. The Balaban J connectivity index is 1.42. The van der Waals surface area contributed by atoms with E-state index in [1.54, 1.807) is 17.8 Å². The molecule has 1 fully saturated rings. The monoisotopic (exact) mass is 380 g/mol. The van der Waals surface area contributed by atoms with Crippen LogP contribution in [0, 0.1) is 5.82 Å². The normalized spacial score (nSPS) is 16.8. The van der Waals surface area contributed by atoms with Gasteiger partial charge in [0.15, 0.2) is 0 Å². The number of halogens is 2. The van der Waals surface area contributed by atoms with E-state index in [2.05, 4.69) is 9.80 Å². The largest absolute Gasteiger partial charge is 0.391 e. The number of hydrogen-bond donors (Lipinski definition) is 1. The molecular weight excluding hydrogens is 359 g/mol. The minimum Gasteiger partial charge on any atom is -0.391 e. The number of anilines is 1. The molecule has 0 bridgehead atoms. The molecule has 0 radical (unpaired) electrons. The predicted molar refractivity (Wildman–Crippen MR) is 103 cm³/mol. The van der Waals surface area contributed by atoms with Crippen LogP contribution in [-0.4, -0.2) is 54.6 Å². The second-order valence-corrected chi connectivity index (χ2v) is 7.69. The highest BCUT2D eigenvalue weighted by molar-refractivity contribution is 7.99. The topological polar surface area (TPSA) is 26.7 Å². The SMILES string of the molecule is O[C@H](CSc1ccc(Cl)cc1)CN1CCN(c2ccccc2F)CC1. The highest BCUT2D eigenvalue weighted by Crippen LogP contribution is 2.22. The number of nitrogens with zero attached hydrogens (tertiary/aromatic N) is 2. The fraction of sp³-hybridized carbons (Fsp3) is 0.368. The maximum absolute atomic E-state index is 13.9. The zero-order valence-electron chi connectivity index (χ0n) is 13.9. The first-order valence-electron chi connectivity index (χ1n) is 8.40. The van der Waals surface area contributed by atoms with Crippen LogP contribution in [0.15, 0.2) is 53.4 Å². The van der Waals surface area contributed by atoms with Crippen LogP contribution in [0.5, 0.6) is 0 Å². The first-order chi connectivity index (χ1) is 12.1. The average Bonchev–Trinajstić information content (AvgIpc) is 2.62. The van der Waals surface area contributed by atoms with Crippen molar-refractivity contribution in [3.8, 4) is 0 Å². The molecule has 3 rings (SSSR count). The molecule has 1 saturated heterocycles. The fourth-order valence-corrected chi connectivity index (χ4v) is 3.90. The van der Waals surface area contributed by atoms with Gasteiger partial charge in [-0.1, -0.05) is 23.7 Å². The number of aliphatic hydroxyl groups is 1. The summed E-state index contributed by atoms with van der Waals surface area (Å²) in [6.45, 7) is 3.86. The molecule has 0 unspecified atom stereocenters. The summed E-state index contributed by atoms with van der Waals surface area (Å²) in [4.78, 5) is 5.42. The lowest BCUT2D eigenvalue weighted by molar-refractivity contribution is 0.126. The van der Waals surface area contributed by atoms with Crippen molar-refractivity contribution in [3.05, 3.63) is 59.4 Å². The van der Waals surface area contributed by atoms with Crippen LogP contribution in [0.3, 0.4) is 0 Å². The van der Waals surface area contributed by atoms with Crippen molar-refractivity contribution in [2.45, 2.75) is 11.0 Å². The molecule has 2 aromatic carbocycles. The van der Waals surface area contributed by atoms with Gasteiger partial charge >= 0.3 is 0 Å². The van der Waals surface area contributed by atoms with Crippen molar-refractivity contribution >= 4 is 29.1 Å². The van der Waals surface area contributed by atoms with Gasteiger partial charge in [-0.2, -0.15) is 0 Å². The molecule has 1 aliphatic heterocycles. The lowest BCUT2D eigenvalue weighted by Gasteiger charge is -2.37. The summed E-state index contributed by atoms with van der Waals surface area (Å²) < 4.78 is 13.9. The highest BCUT2D eigenvalue weighted by atomic mass is 35.5. The van der Waals surface area contributed by atoms with Crippen molar-refractivity contribution in [2.24, 2.45) is 0 Å². The Kier molecular flexibility index (Phi) is 6.59. The van der Waals surface area contributed by atoms with Crippen molar-refractivity contribution < 1.29 is 9.50 Å². The summed E-state index contributed by atoms with van der Waals surface area (Å²) in [5.74, 6) is 0.477. The minimum atomic E-state index is -0.388. The van der Waals surface area contributed by atoms with Gasteiger partial charge in [0.1, 0.15) is 5.82 Å². The van der Waals surface area contributed by atoms with E-state index < -0.39 is 0 Å². The number of benzene rings is 2. The molecule has 0 saturated carbocycles. The summed E-state index contributed by atoms with van der Waals surface area (Å²) in [6, 6.07) is 14.5. The molecule has 6 heteroatoms. The summed E-state index contributed by atoms with van der Waals surface area (Å²) in [6.07, 6.45) is -0.388. The smallest absolute Gasteiger partial charge is 0.146 e. The Morgan fingerprint density at radius 1 is 1.04 bits per heavy atom. The van der Waals surface area contributed by atoms with E-state index in [-0.39, 0.29) is 11.9 Å². The molecule has 25 heavy (non-hydrogen) atoms. The average molecular weight is 381 g/mol. The Labute approximate surface area is 157 Å².